The normalized spacial score (nSPS) is 16.1. The van der Waals surface area contributed by atoms with Gasteiger partial charge in [-0.2, -0.15) is 0 Å². The number of piperazine rings is 1. The quantitative estimate of drug-likeness (QED) is 0.430. The molecule has 9 nitrogen and oxygen atoms in total. The van der Waals surface area contributed by atoms with Gasteiger partial charge in [0.05, 0.1) is 16.1 Å². The number of halogens is 1. The van der Waals surface area contributed by atoms with Gasteiger partial charge in [0.15, 0.2) is 0 Å². The molecule has 0 N–H and O–H groups in total. The van der Waals surface area contributed by atoms with Gasteiger partial charge in [0, 0.05) is 44.0 Å². The van der Waals surface area contributed by atoms with Crippen LogP contribution in [0.3, 0.4) is 0 Å². The third-order valence-electron chi connectivity index (χ3n) is 5.28. The maximum Gasteiger partial charge on any atom is 0.270 e. The Morgan fingerprint density at radius 3 is 2.23 bits per heavy atom. The Hall–Kier alpha value is -3.82. The number of benzene rings is 2. The summed E-state index contributed by atoms with van der Waals surface area (Å²) in [5.74, 6) is -2.04. The van der Waals surface area contributed by atoms with Crippen LogP contribution in [0.4, 0.5) is 15.8 Å². The Kier molecular flexibility index (Phi) is 4.90. The van der Waals surface area contributed by atoms with Gasteiger partial charge in [-0.05, 0) is 30.3 Å². The van der Waals surface area contributed by atoms with Crippen molar-refractivity contribution in [1.82, 2.24) is 9.80 Å². The number of carbonyl (C=O) groups is 3. The lowest BCUT2D eigenvalue weighted by Gasteiger charge is -2.36. The highest BCUT2D eigenvalue weighted by Gasteiger charge is 2.38. The summed E-state index contributed by atoms with van der Waals surface area (Å²) in [6.07, 6.45) is 0. The molecular weight excluding hydrogens is 395 g/mol. The molecule has 2 aromatic carbocycles. The molecule has 0 atom stereocenters. The number of carbonyl (C=O) groups excluding carboxylic acids is 3. The molecule has 2 aliphatic rings. The van der Waals surface area contributed by atoms with Gasteiger partial charge in [-0.1, -0.05) is 0 Å². The van der Waals surface area contributed by atoms with Gasteiger partial charge >= 0.3 is 0 Å². The molecule has 1 fully saturated rings. The second kappa shape index (κ2) is 7.54. The van der Waals surface area contributed by atoms with E-state index in [1.165, 1.54) is 18.2 Å². The summed E-state index contributed by atoms with van der Waals surface area (Å²) in [6, 6.07) is 9.54. The third-order valence-corrected chi connectivity index (χ3v) is 5.28. The van der Waals surface area contributed by atoms with E-state index in [4.69, 9.17) is 0 Å². The standard InChI is InChI=1S/C20H17FN4O5/c21-13-1-3-14(4-2-13)22-7-9-23(10-8-22)18(26)12-24-19(27)16-6-5-15(25(29)30)11-17(16)20(24)28/h1-6,11H,7-10,12H2. The van der Waals surface area contributed by atoms with E-state index in [0.29, 0.717) is 26.2 Å². The van der Waals surface area contributed by atoms with Crippen LogP contribution in [0.5, 0.6) is 0 Å². The van der Waals surface area contributed by atoms with Crippen LogP contribution in [-0.2, 0) is 4.79 Å². The molecule has 30 heavy (non-hydrogen) atoms. The summed E-state index contributed by atoms with van der Waals surface area (Å²) in [5, 5.41) is 10.9. The van der Waals surface area contributed by atoms with Crippen molar-refractivity contribution in [1.29, 1.82) is 0 Å². The fourth-order valence-electron chi connectivity index (χ4n) is 3.64. The molecule has 2 aromatic rings. The van der Waals surface area contributed by atoms with Crippen molar-refractivity contribution in [3.63, 3.8) is 0 Å². The second-order valence-electron chi connectivity index (χ2n) is 7.03. The molecule has 0 bridgehead atoms. The zero-order valence-electron chi connectivity index (χ0n) is 15.8. The molecule has 0 saturated carbocycles. The topological polar surface area (TPSA) is 104 Å². The average molecular weight is 412 g/mol. The highest BCUT2D eigenvalue weighted by Crippen LogP contribution is 2.27. The number of anilines is 1. The lowest BCUT2D eigenvalue weighted by molar-refractivity contribution is -0.384. The van der Waals surface area contributed by atoms with E-state index < -0.39 is 23.3 Å². The smallest absolute Gasteiger partial charge is 0.270 e. The van der Waals surface area contributed by atoms with Crippen LogP contribution >= 0.6 is 0 Å². The van der Waals surface area contributed by atoms with Crippen LogP contribution in [-0.4, -0.2) is 65.2 Å². The van der Waals surface area contributed by atoms with Gasteiger partial charge in [0.1, 0.15) is 12.4 Å². The first-order chi connectivity index (χ1) is 14.3. The van der Waals surface area contributed by atoms with E-state index in [1.807, 2.05) is 4.90 Å². The van der Waals surface area contributed by atoms with Gasteiger partial charge in [0.25, 0.3) is 17.5 Å². The number of nitrogens with zero attached hydrogens (tertiary/aromatic N) is 4. The largest absolute Gasteiger partial charge is 0.368 e. The van der Waals surface area contributed by atoms with Crippen molar-refractivity contribution in [3.05, 3.63) is 69.5 Å². The number of hydrogen-bond donors (Lipinski definition) is 0. The molecule has 3 amide bonds. The van der Waals surface area contributed by atoms with Crippen molar-refractivity contribution >= 4 is 29.1 Å². The van der Waals surface area contributed by atoms with Crippen LogP contribution < -0.4 is 4.90 Å². The lowest BCUT2D eigenvalue weighted by atomic mass is 10.1. The molecule has 0 spiro atoms. The molecule has 10 heteroatoms. The Bertz CT molecular complexity index is 1050. The highest BCUT2D eigenvalue weighted by atomic mass is 19.1. The fourth-order valence-corrected chi connectivity index (χ4v) is 3.64. The molecule has 0 aliphatic carbocycles. The summed E-state index contributed by atoms with van der Waals surface area (Å²) < 4.78 is 13.1. The average Bonchev–Trinajstić information content (AvgIpc) is 2.98. The molecule has 0 unspecified atom stereocenters. The van der Waals surface area contributed by atoms with Crippen LogP contribution in [0, 0.1) is 15.9 Å². The first kappa shape index (κ1) is 19.5. The van der Waals surface area contributed by atoms with Gasteiger partial charge in [-0.15, -0.1) is 0 Å². The monoisotopic (exact) mass is 412 g/mol. The Morgan fingerprint density at radius 2 is 1.60 bits per heavy atom. The van der Waals surface area contributed by atoms with Crippen molar-refractivity contribution in [2.75, 3.05) is 37.6 Å². The van der Waals surface area contributed by atoms with Crippen LogP contribution in [0.2, 0.25) is 0 Å². The van der Waals surface area contributed by atoms with Gasteiger partial charge in [0.2, 0.25) is 5.91 Å². The summed E-state index contributed by atoms with van der Waals surface area (Å²) in [7, 11) is 0. The molecule has 0 aromatic heterocycles. The SMILES string of the molecule is O=C(CN1C(=O)c2ccc([N+](=O)[O-])cc2C1=O)N1CCN(c2ccc(F)cc2)CC1. The Balaban J connectivity index is 1.40. The van der Waals surface area contributed by atoms with Crippen LogP contribution in [0.25, 0.3) is 0 Å². The van der Waals surface area contributed by atoms with Crippen molar-refractivity contribution < 1.29 is 23.7 Å². The van der Waals surface area contributed by atoms with Crippen molar-refractivity contribution in [2.45, 2.75) is 0 Å². The van der Waals surface area contributed by atoms with E-state index in [0.717, 1.165) is 22.7 Å². The number of fused-ring (bicyclic) bond motifs is 1. The lowest BCUT2D eigenvalue weighted by Crippen LogP contribution is -2.51. The molecular formula is C20H17FN4O5. The van der Waals surface area contributed by atoms with Gasteiger partial charge < -0.3 is 9.80 Å². The maximum atomic E-state index is 13.1. The summed E-state index contributed by atoms with van der Waals surface area (Å²) in [6.45, 7) is 1.43. The molecule has 2 aliphatic heterocycles. The Morgan fingerprint density at radius 1 is 0.967 bits per heavy atom. The number of imide groups is 1. The molecule has 2 heterocycles. The van der Waals surface area contributed by atoms with E-state index >= 15 is 0 Å². The van der Waals surface area contributed by atoms with Crippen molar-refractivity contribution in [3.8, 4) is 0 Å². The van der Waals surface area contributed by atoms with Crippen LogP contribution in [0.15, 0.2) is 42.5 Å². The maximum absolute atomic E-state index is 13.1. The van der Waals surface area contributed by atoms with Crippen molar-refractivity contribution in [2.24, 2.45) is 0 Å². The molecule has 0 radical (unpaired) electrons. The minimum Gasteiger partial charge on any atom is -0.368 e. The number of non-ortho nitro benzene ring substituents is 1. The summed E-state index contributed by atoms with van der Waals surface area (Å²) in [4.78, 5) is 52.4. The zero-order valence-corrected chi connectivity index (χ0v) is 15.8. The number of nitro benzene ring substituents is 1. The third kappa shape index (κ3) is 3.47. The fraction of sp³-hybridized carbons (Fsp3) is 0.250. The minimum absolute atomic E-state index is 0.0551. The highest BCUT2D eigenvalue weighted by molar-refractivity contribution is 6.22. The first-order valence-corrected chi connectivity index (χ1v) is 9.28. The van der Waals surface area contributed by atoms with E-state index in [-0.39, 0.29) is 28.5 Å². The number of amides is 3. The van der Waals surface area contributed by atoms with E-state index in [9.17, 15) is 28.9 Å². The molecule has 154 valence electrons. The van der Waals surface area contributed by atoms with Crippen LogP contribution in [0.1, 0.15) is 20.7 Å². The second-order valence-corrected chi connectivity index (χ2v) is 7.03. The molecule has 1 saturated heterocycles. The van der Waals surface area contributed by atoms with E-state index in [1.54, 1.807) is 17.0 Å². The summed E-state index contributed by atoms with van der Waals surface area (Å²) >= 11 is 0. The number of hydrogen-bond acceptors (Lipinski definition) is 6. The number of rotatable bonds is 4. The van der Waals surface area contributed by atoms with E-state index in [2.05, 4.69) is 0 Å². The number of nitro groups is 1. The predicted molar refractivity (Wildman–Crippen MR) is 104 cm³/mol. The molecule has 4 rings (SSSR count). The van der Waals surface area contributed by atoms with Gasteiger partial charge in [-0.3, -0.25) is 29.4 Å². The van der Waals surface area contributed by atoms with Gasteiger partial charge in [-0.25, -0.2) is 4.39 Å². The first-order valence-electron chi connectivity index (χ1n) is 9.28. The minimum atomic E-state index is -0.711. The Labute approximate surface area is 170 Å². The zero-order chi connectivity index (χ0) is 21.4. The summed E-state index contributed by atoms with van der Waals surface area (Å²) in [5.41, 5.74) is 0.549. The predicted octanol–water partition coefficient (Wildman–Crippen LogP) is 1.68.